The minimum Gasteiger partial charge on any atom is -0.374 e. The molecule has 0 radical (unpaired) electrons. The van der Waals surface area contributed by atoms with E-state index in [0.29, 0.717) is 17.3 Å². The maximum atomic E-state index is 6.14. The first-order chi connectivity index (χ1) is 10.00. The predicted octanol–water partition coefficient (Wildman–Crippen LogP) is 2.51. The van der Waals surface area contributed by atoms with Crippen molar-refractivity contribution < 1.29 is 0 Å². The van der Waals surface area contributed by atoms with Crippen molar-refractivity contribution in [3.05, 3.63) is 29.3 Å². The molecule has 3 nitrogen and oxygen atoms in total. The van der Waals surface area contributed by atoms with E-state index in [4.69, 9.17) is 5.73 Å². The van der Waals surface area contributed by atoms with Gasteiger partial charge in [0.2, 0.25) is 0 Å². The highest BCUT2D eigenvalue weighted by atomic mass is 32.2. The summed E-state index contributed by atoms with van der Waals surface area (Å²) in [6.45, 7) is 8.79. The topological polar surface area (TPSA) is 32.5 Å². The third-order valence-electron chi connectivity index (χ3n) is 4.74. The zero-order valence-electron chi connectivity index (χ0n) is 13.4. The second-order valence-electron chi connectivity index (χ2n) is 6.89. The Balaban J connectivity index is 1.83. The number of thioether (sulfide) groups is 1. The lowest BCUT2D eigenvalue weighted by Gasteiger charge is -2.41. The summed E-state index contributed by atoms with van der Waals surface area (Å²) in [6.07, 6.45) is 1.16. The molecule has 2 aliphatic rings. The van der Waals surface area contributed by atoms with Gasteiger partial charge in [-0.15, -0.1) is 0 Å². The first kappa shape index (κ1) is 15.2. The maximum Gasteiger partial charge on any atom is 0.0471 e. The van der Waals surface area contributed by atoms with Crippen molar-refractivity contribution in [1.29, 1.82) is 0 Å². The fourth-order valence-electron chi connectivity index (χ4n) is 3.61. The second kappa shape index (κ2) is 5.82. The van der Waals surface area contributed by atoms with Crippen LogP contribution in [0.3, 0.4) is 0 Å². The van der Waals surface area contributed by atoms with Gasteiger partial charge in [0, 0.05) is 55.5 Å². The monoisotopic (exact) mass is 305 g/mol. The molecule has 116 valence electrons. The van der Waals surface area contributed by atoms with Crippen LogP contribution in [-0.4, -0.2) is 48.6 Å². The van der Waals surface area contributed by atoms with Crippen LogP contribution in [0.15, 0.2) is 18.2 Å². The minimum absolute atomic E-state index is 0.336. The summed E-state index contributed by atoms with van der Waals surface area (Å²) in [4.78, 5) is 4.92. The van der Waals surface area contributed by atoms with Crippen LogP contribution in [0, 0.1) is 0 Å². The van der Waals surface area contributed by atoms with Crippen molar-refractivity contribution in [2.24, 2.45) is 5.73 Å². The molecule has 0 aromatic heterocycles. The minimum atomic E-state index is 0.336. The molecule has 0 saturated carbocycles. The first-order valence-corrected chi connectivity index (χ1v) is 8.91. The van der Waals surface area contributed by atoms with Gasteiger partial charge in [0.15, 0.2) is 0 Å². The SMILES string of the molecule is CN1CCc2cc(C(CN)N3CCSC(C)(C)C3)ccc21. The zero-order valence-corrected chi connectivity index (χ0v) is 14.2. The average molecular weight is 305 g/mol. The highest BCUT2D eigenvalue weighted by Crippen LogP contribution is 2.35. The molecule has 21 heavy (non-hydrogen) atoms. The Morgan fingerprint density at radius 2 is 2.14 bits per heavy atom. The van der Waals surface area contributed by atoms with E-state index in [9.17, 15) is 0 Å². The van der Waals surface area contributed by atoms with Gasteiger partial charge in [-0.1, -0.05) is 12.1 Å². The molecule has 1 aromatic rings. The van der Waals surface area contributed by atoms with Crippen LogP contribution in [0.25, 0.3) is 0 Å². The number of hydrogen-bond donors (Lipinski definition) is 1. The number of benzene rings is 1. The summed E-state index contributed by atoms with van der Waals surface area (Å²) in [6, 6.07) is 7.32. The Morgan fingerprint density at radius 3 is 2.86 bits per heavy atom. The molecular formula is C17H27N3S. The number of rotatable bonds is 3. The lowest BCUT2D eigenvalue weighted by atomic mass is 10.00. The smallest absolute Gasteiger partial charge is 0.0471 e. The molecule has 1 atom stereocenters. The van der Waals surface area contributed by atoms with Crippen LogP contribution in [-0.2, 0) is 6.42 Å². The van der Waals surface area contributed by atoms with Gasteiger partial charge in [0.05, 0.1) is 0 Å². The van der Waals surface area contributed by atoms with Gasteiger partial charge >= 0.3 is 0 Å². The first-order valence-electron chi connectivity index (χ1n) is 7.92. The van der Waals surface area contributed by atoms with E-state index in [-0.39, 0.29) is 0 Å². The molecule has 0 aliphatic carbocycles. The number of anilines is 1. The molecule has 2 heterocycles. The van der Waals surface area contributed by atoms with Crippen LogP contribution >= 0.6 is 11.8 Å². The van der Waals surface area contributed by atoms with Crippen LogP contribution < -0.4 is 10.6 Å². The third-order valence-corrected chi connectivity index (χ3v) is 6.03. The third kappa shape index (κ3) is 3.08. The van der Waals surface area contributed by atoms with Crippen LogP contribution in [0.1, 0.15) is 31.0 Å². The summed E-state index contributed by atoms with van der Waals surface area (Å²) in [7, 11) is 2.18. The van der Waals surface area contributed by atoms with Gasteiger partial charge in [-0.25, -0.2) is 0 Å². The van der Waals surface area contributed by atoms with Crippen molar-refractivity contribution in [2.75, 3.05) is 43.9 Å². The lowest BCUT2D eigenvalue weighted by Crippen LogP contribution is -2.46. The maximum absolute atomic E-state index is 6.14. The van der Waals surface area contributed by atoms with Crippen molar-refractivity contribution >= 4 is 17.4 Å². The van der Waals surface area contributed by atoms with Crippen LogP contribution in [0.5, 0.6) is 0 Å². The largest absolute Gasteiger partial charge is 0.374 e. The molecule has 3 rings (SSSR count). The second-order valence-corrected chi connectivity index (χ2v) is 8.69. The number of nitrogens with zero attached hydrogens (tertiary/aromatic N) is 2. The van der Waals surface area contributed by atoms with Gasteiger partial charge in [0.1, 0.15) is 0 Å². The van der Waals surface area contributed by atoms with Crippen LogP contribution in [0.4, 0.5) is 5.69 Å². The Hall–Kier alpha value is -0.710. The molecule has 4 heteroatoms. The quantitative estimate of drug-likeness (QED) is 0.930. The summed E-state index contributed by atoms with van der Waals surface area (Å²) >= 11 is 2.08. The van der Waals surface area contributed by atoms with Crippen molar-refractivity contribution in [3.8, 4) is 0 Å². The van der Waals surface area contributed by atoms with E-state index < -0.39 is 0 Å². The number of hydrogen-bond acceptors (Lipinski definition) is 4. The summed E-state index contributed by atoms with van der Waals surface area (Å²) in [5, 5.41) is 0. The molecule has 1 saturated heterocycles. The number of nitrogens with two attached hydrogens (primary N) is 1. The highest BCUT2D eigenvalue weighted by Gasteiger charge is 2.31. The molecule has 0 bridgehead atoms. The normalized spacial score (nSPS) is 23.1. The Kier molecular flexibility index (Phi) is 4.21. The molecule has 0 amide bonds. The predicted molar refractivity (Wildman–Crippen MR) is 93.3 cm³/mol. The molecular weight excluding hydrogens is 278 g/mol. The summed E-state index contributed by atoms with van der Waals surface area (Å²) in [5.41, 5.74) is 10.4. The summed E-state index contributed by atoms with van der Waals surface area (Å²) in [5.74, 6) is 1.21. The number of fused-ring (bicyclic) bond motifs is 1. The van der Waals surface area contributed by atoms with E-state index >= 15 is 0 Å². The molecule has 1 fully saturated rings. The molecule has 1 unspecified atom stereocenters. The van der Waals surface area contributed by atoms with E-state index in [1.165, 1.54) is 22.6 Å². The Morgan fingerprint density at radius 1 is 1.33 bits per heavy atom. The van der Waals surface area contributed by atoms with Crippen molar-refractivity contribution in [1.82, 2.24) is 4.90 Å². The lowest BCUT2D eigenvalue weighted by molar-refractivity contribution is 0.192. The van der Waals surface area contributed by atoms with Crippen molar-refractivity contribution in [2.45, 2.75) is 31.1 Å². The van der Waals surface area contributed by atoms with Gasteiger partial charge in [-0.05, 0) is 37.5 Å². The van der Waals surface area contributed by atoms with Crippen LogP contribution in [0.2, 0.25) is 0 Å². The van der Waals surface area contributed by atoms with Gasteiger partial charge in [0.25, 0.3) is 0 Å². The van der Waals surface area contributed by atoms with E-state index in [0.717, 1.165) is 26.1 Å². The fraction of sp³-hybridized carbons (Fsp3) is 0.647. The molecule has 2 aliphatic heterocycles. The van der Waals surface area contributed by atoms with Gasteiger partial charge < -0.3 is 10.6 Å². The Bertz CT molecular complexity index is 515. The van der Waals surface area contributed by atoms with Gasteiger partial charge in [-0.3, -0.25) is 4.90 Å². The standard InChI is InChI=1S/C17H27N3S/c1-17(2)12-20(8-9-21-17)16(11-18)13-4-5-15-14(10-13)6-7-19(15)3/h4-5,10,16H,6-9,11-12,18H2,1-3H3. The average Bonchev–Trinajstić information content (AvgIpc) is 2.80. The molecule has 1 aromatic carbocycles. The fourth-order valence-corrected chi connectivity index (χ4v) is 4.74. The molecule has 0 spiro atoms. The van der Waals surface area contributed by atoms with E-state index in [2.05, 4.69) is 60.7 Å². The zero-order chi connectivity index (χ0) is 15.0. The van der Waals surface area contributed by atoms with E-state index in [1.807, 2.05) is 0 Å². The highest BCUT2D eigenvalue weighted by molar-refractivity contribution is 8.00. The molecule has 2 N–H and O–H groups in total. The van der Waals surface area contributed by atoms with E-state index in [1.54, 1.807) is 0 Å². The van der Waals surface area contributed by atoms with Gasteiger partial charge in [-0.2, -0.15) is 11.8 Å². The number of likely N-dealkylation sites (N-methyl/N-ethyl adjacent to an activating group) is 1. The Labute approximate surface area is 132 Å². The summed E-state index contributed by atoms with van der Waals surface area (Å²) < 4.78 is 0.336. The van der Waals surface area contributed by atoms with Crippen molar-refractivity contribution in [3.63, 3.8) is 0 Å².